The van der Waals surface area contributed by atoms with Gasteiger partial charge in [-0.3, -0.25) is 19.7 Å². The number of unbranched alkanes of at least 4 members (excludes halogenated alkanes) is 1. The normalized spacial score (nSPS) is 21.1. The molecule has 1 saturated carbocycles. The number of hydrogen-bond acceptors (Lipinski definition) is 7. The lowest BCUT2D eigenvalue weighted by atomic mass is 9.99. The highest BCUT2D eigenvalue weighted by Gasteiger charge is 2.34. The number of ether oxygens (including phenoxy) is 2. The third-order valence-corrected chi connectivity index (χ3v) is 7.88. The third kappa shape index (κ3) is 9.21. The fraction of sp³-hybridized carbons (Fsp3) is 0.500. The number of anilines is 1. The summed E-state index contributed by atoms with van der Waals surface area (Å²) < 4.78 is 13.1. The average molecular weight is 566 g/mol. The summed E-state index contributed by atoms with van der Waals surface area (Å²) >= 11 is 0. The highest BCUT2D eigenvalue weighted by atomic mass is 16.7. The maximum atomic E-state index is 12.5. The highest BCUT2D eigenvalue weighted by molar-refractivity contribution is 5.90. The first kappa shape index (κ1) is 30.9. The minimum absolute atomic E-state index is 0.00539. The maximum Gasteiger partial charge on any atom is 0.243 e. The number of carbonyl (C=O) groups excluding carboxylic acids is 2. The van der Waals surface area contributed by atoms with Crippen LogP contribution < -0.4 is 10.8 Å². The Labute approximate surface area is 242 Å². The first-order valence-electron chi connectivity index (χ1n) is 14.7. The van der Waals surface area contributed by atoms with Gasteiger partial charge in [-0.2, -0.15) is 0 Å². The van der Waals surface area contributed by atoms with Crippen LogP contribution in [0.2, 0.25) is 0 Å². The van der Waals surface area contributed by atoms with Crippen LogP contribution in [0, 0.1) is 0 Å². The molecular formula is C32H43N3O6. The zero-order valence-electron chi connectivity index (χ0n) is 23.7. The van der Waals surface area contributed by atoms with Crippen LogP contribution >= 0.6 is 0 Å². The van der Waals surface area contributed by atoms with E-state index in [4.69, 9.17) is 14.7 Å². The number of hydrogen-bond donors (Lipinski definition) is 4. The van der Waals surface area contributed by atoms with Gasteiger partial charge in [0.05, 0.1) is 18.8 Å². The van der Waals surface area contributed by atoms with Gasteiger partial charge in [-0.05, 0) is 48.9 Å². The number of carbonyl (C=O) groups is 2. The summed E-state index contributed by atoms with van der Waals surface area (Å²) in [6, 6.07) is 15.9. The Balaban J connectivity index is 1.46. The second-order valence-corrected chi connectivity index (χ2v) is 10.9. The minimum Gasteiger partial charge on any atom is -0.392 e. The Morgan fingerprint density at radius 3 is 2.41 bits per heavy atom. The van der Waals surface area contributed by atoms with Crippen LogP contribution in [0.5, 0.6) is 0 Å². The van der Waals surface area contributed by atoms with Crippen molar-refractivity contribution >= 4 is 17.5 Å². The minimum atomic E-state index is -0.612. The van der Waals surface area contributed by atoms with Gasteiger partial charge >= 0.3 is 0 Å². The first-order chi connectivity index (χ1) is 20.0. The van der Waals surface area contributed by atoms with E-state index >= 15 is 0 Å². The van der Waals surface area contributed by atoms with Gasteiger partial charge in [-0.15, -0.1) is 6.58 Å². The summed E-state index contributed by atoms with van der Waals surface area (Å²) in [4.78, 5) is 26.2. The van der Waals surface area contributed by atoms with Gasteiger partial charge in [0.2, 0.25) is 11.8 Å². The quantitative estimate of drug-likeness (QED) is 0.108. The van der Waals surface area contributed by atoms with Gasteiger partial charge in [-0.1, -0.05) is 55.3 Å². The van der Waals surface area contributed by atoms with E-state index in [1.165, 1.54) is 25.7 Å². The van der Waals surface area contributed by atoms with Crippen molar-refractivity contribution in [3.05, 3.63) is 77.9 Å². The summed E-state index contributed by atoms with van der Waals surface area (Å²) in [6.07, 6.45) is 8.21. The predicted octanol–water partition coefficient (Wildman–Crippen LogP) is 5.16. The zero-order valence-corrected chi connectivity index (χ0v) is 23.7. The van der Waals surface area contributed by atoms with Gasteiger partial charge in [0.1, 0.15) is 0 Å². The average Bonchev–Trinajstić information content (AvgIpc) is 3.54. The Morgan fingerprint density at radius 2 is 1.73 bits per heavy atom. The number of rotatable bonds is 14. The number of benzene rings is 2. The Bertz CT molecular complexity index is 1130. The van der Waals surface area contributed by atoms with Crippen molar-refractivity contribution < 1.29 is 29.4 Å². The zero-order chi connectivity index (χ0) is 29.0. The van der Waals surface area contributed by atoms with Crippen LogP contribution in [-0.4, -0.2) is 52.3 Å². The second-order valence-electron chi connectivity index (χ2n) is 10.9. The van der Waals surface area contributed by atoms with E-state index in [9.17, 15) is 14.7 Å². The summed E-state index contributed by atoms with van der Waals surface area (Å²) in [5, 5.41) is 21.0. The molecule has 3 unspecified atom stereocenters. The lowest BCUT2D eigenvalue weighted by Crippen LogP contribution is -2.43. The number of nitrogens with zero attached hydrogens (tertiary/aromatic N) is 1. The van der Waals surface area contributed by atoms with Crippen molar-refractivity contribution in [1.29, 1.82) is 0 Å². The molecule has 1 heterocycles. The van der Waals surface area contributed by atoms with Gasteiger partial charge in [0, 0.05) is 49.6 Å². The van der Waals surface area contributed by atoms with Crippen LogP contribution in [-0.2, 0) is 25.7 Å². The maximum absolute atomic E-state index is 12.5. The molecule has 2 aromatic carbocycles. The van der Waals surface area contributed by atoms with Gasteiger partial charge in [-0.25, -0.2) is 5.48 Å². The molecule has 9 nitrogen and oxygen atoms in total. The van der Waals surface area contributed by atoms with Crippen molar-refractivity contribution in [2.75, 3.05) is 18.4 Å². The SMILES string of the molecule is C=CCN(CC1CC(c2ccc(CO)cc2)OC(c2cccc(NC(=O)CCCCC(=O)NO)c2)O1)C1CCCC1. The number of hydroxylamine groups is 1. The lowest BCUT2D eigenvalue weighted by molar-refractivity contribution is -0.253. The molecule has 2 aromatic rings. The molecule has 0 aromatic heterocycles. The van der Waals surface area contributed by atoms with E-state index in [-0.39, 0.29) is 37.6 Å². The molecule has 1 saturated heterocycles. The topological polar surface area (TPSA) is 120 Å². The van der Waals surface area contributed by atoms with Crippen LogP contribution in [0.3, 0.4) is 0 Å². The summed E-state index contributed by atoms with van der Waals surface area (Å²) in [7, 11) is 0. The molecule has 2 fully saturated rings. The van der Waals surface area contributed by atoms with Crippen molar-refractivity contribution in [2.45, 2.75) is 88.9 Å². The van der Waals surface area contributed by atoms with E-state index < -0.39 is 12.2 Å². The first-order valence-corrected chi connectivity index (χ1v) is 14.7. The van der Waals surface area contributed by atoms with Crippen molar-refractivity contribution in [1.82, 2.24) is 10.4 Å². The van der Waals surface area contributed by atoms with E-state index in [0.717, 1.165) is 29.8 Å². The Kier molecular flexibility index (Phi) is 11.9. The molecule has 4 rings (SSSR count). The molecule has 9 heteroatoms. The Hall–Kier alpha value is -3.08. The van der Waals surface area contributed by atoms with E-state index in [2.05, 4.69) is 16.8 Å². The van der Waals surface area contributed by atoms with E-state index in [0.29, 0.717) is 31.0 Å². The summed E-state index contributed by atoms with van der Waals surface area (Å²) in [5.74, 6) is -0.601. The molecule has 41 heavy (non-hydrogen) atoms. The lowest BCUT2D eigenvalue weighted by Gasteiger charge is -2.39. The van der Waals surface area contributed by atoms with Crippen molar-refractivity contribution in [2.24, 2.45) is 0 Å². The summed E-state index contributed by atoms with van der Waals surface area (Å²) in [6.45, 7) is 5.58. The van der Waals surface area contributed by atoms with Crippen LogP contribution in [0.4, 0.5) is 5.69 Å². The third-order valence-electron chi connectivity index (χ3n) is 7.88. The molecule has 1 aliphatic carbocycles. The molecule has 2 aliphatic rings. The van der Waals surface area contributed by atoms with Crippen LogP contribution in [0.1, 0.15) is 86.9 Å². The van der Waals surface area contributed by atoms with Crippen LogP contribution in [0.15, 0.2) is 61.2 Å². The second kappa shape index (κ2) is 15.8. The molecule has 1 aliphatic heterocycles. The standard InChI is InChI=1S/C32H43N3O6/c1-2-18-35(27-10-3-4-11-27)21-28-20-29(24-16-14-23(22-36)15-17-24)41-32(40-28)25-8-7-9-26(19-25)33-30(37)12-5-6-13-31(38)34-39/h2,7-9,14-17,19,27-29,32,36,39H,1,3-6,10-13,18,20-22H2,(H,33,37)(H,34,38). The highest BCUT2D eigenvalue weighted by Crippen LogP contribution is 2.39. The molecule has 3 atom stereocenters. The molecule has 222 valence electrons. The van der Waals surface area contributed by atoms with Crippen LogP contribution in [0.25, 0.3) is 0 Å². The Morgan fingerprint density at radius 1 is 1.00 bits per heavy atom. The molecule has 0 spiro atoms. The number of aliphatic hydroxyl groups excluding tert-OH is 1. The largest absolute Gasteiger partial charge is 0.392 e. The van der Waals surface area contributed by atoms with Gasteiger partial charge in [0.15, 0.2) is 6.29 Å². The van der Waals surface area contributed by atoms with E-state index in [1.54, 1.807) is 5.48 Å². The van der Waals surface area contributed by atoms with Gasteiger partial charge < -0.3 is 19.9 Å². The number of aliphatic hydroxyl groups is 1. The number of amides is 2. The molecule has 2 amide bonds. The molecule has 0 bridgehead atoms. The van der Waals surface area contributed by atoms with E-state index in [1.807, 2.05) is 54.6 Å². The van der Waals surface area contributed by atoms with Gasteiger partial charge in [0.25, 0.3) is 0 Å². The molecule has 4 N–H and O–H groups in total. The monoisotopic (exact) mass is 565 g/mol. The fourth-order valence-electron chi connectivity index (χ4n) is 5.72. The molecule has 0 radical (unpaired) electrons. The fourth-order valence-corrected chi connectivity index (χ4v) is 5.72. The number of nitrogens with one attached hydrogen (secondary N) is 2. The smallest absolute Gasteiger partial charge is 0.243 e. The summed E-state index contributed by atoms with van der Waals surface area (Å²) in [5.41, 5.74) is 4.96. The molecular weight excluding hydrogens is 522 g/mol. The predicted molar refractivity (Wildman–Crippen MR) is 156 cm³/mol. The van der Waals surface area contributed by atoms with Crippen molar-refractivity contribution in [3.8, 4) is 0 Å². The van der Waals surface area contributed by atoms with Crippen molar-refractivity contribution in [3.63, 3.8) is 0 Å².